The van der Waals surface area contributed by atoms with Crippen molar-refractivity contribution in [2.45, 2.75) is 33.7 Å². The number of benzene rings is 2. The van der Waals surface area contributed by atoms with E-state index in [4.69, 9.17) is 12.2 Å². The second-order valence-corrected chi connectivity index (χ2v) is 8.34. The van der Waals surface area contributed by atoms with Crippen LogP contribution in [0.2, 0.25) is 0 Å². The summed E-state index contributed by atoms with van der Waals surface area (Å²) in [4.78, 5) is 20.1. The highest BCUT2D eigenvalue weighted by molar-refractivity contribution is 7.80. The van der Waals surface area contributed by atoms with Crippen LogP contribution in [-0.4, -0.2) is 46.1 Å². The van der Waals surface area contributed by atoms with Gasteiger partial charge in [-0.2, -0.15) is 0 Å². The number of fused-ring (bicyclic) bond motifs is 1. The predicted molar refractivity (Wildman–Crippen MR) is 135 cm³/mol. The van der Waals surface area contributed by atoms with Crippen molar-refractivity contribution in [1.82, 2.24) is 14.8 Å². The lowest BCUT2D eigenvalue weighted by Crippen LogP contribution is -2.38. The molecule has 3 aromatic rings. The number of halogens is 1. The van der Waals surface area contributed by atoms with E-state index in [1.807, 2.05) is 36.1 Å². The fraction of sp³-hybridized carbons (Fsp3) is 0.360. The number of rotatable bonds is 9. The maximum atomic E-state index is 13.3. The van der Waals surface area contributed by atoms with E-state index in [9.17, 15) is 9.18 Å². The Morgan fingerprint density at radius 3 is 2.47 bits per heavy atom. The van der Waals surface area contributed by atoms with E-state index in [-0.39, 0.29) is 11.4 Å². The summed E-state index contributed by atoms with van der Waals surface area (Å²) in [6.45, 7) is 10.4. The molecular weight excluding hydrogens is 423 g/mol. The number of aryl methyl sites for hydroxylation is 1. The van der Waals surface area contributed by atoms with Crippen LogP contribution in [0, 0.1) is 12.7 Å². The highest BCUT2D eigenvalue weighted by Gasteiger charge is 2.14. The first-order chi connectivity index (χ1) is 15.4. The monoisotopic (exact) mass is 454 g/mol. The Bertz CT molecular complexity index is 1110. The summed E-state index contributed by atoms with van der Waals surface area (Å²) in [5.74, 6) is -0.296. The third-order valence-corrected chi connectivity index (χ3v) is 5.98. The Balaban J connectivity index is 1.80. The van der Waals surface area contributed by atoms with E-state index in [1.165, 1.54) is 12.1 Å². The number of nitrogens with one attached hydrogen (secondary N) is 2. The number of aromatic nitrogens is 1. The van der Waals surface area contributed by atoms with Gasteiger partial charge in [0.15, 0.2) is 5.11 Å². The topological polar surface area (TPSA) is 51.4 Å². The SMILES string of the molecule is CCN(CC)CCCN(Cc1cc2ccc(C)cc2[nH]c1=O)C(=S)Nc1ccc(F)cc1. The minimum atomic E-state index is -0.296. The first-order valence-corrected chi connectivity index (χ1v) is 11.5. The molecule has 0 amide bonds. The smallest absolute Gasteiger partial charge is 0.253 e. The first-order valence-electron chi connectivity index (χ1n) is 11.1. The maximum absolute atomic E-state index is 13.3. The number of H-pyrrole nitrogens is 1. The molecule has 2 aromatic carbocycles. The van der Waals surface area contributed by atoms with Crippen LogP contribution in [0.4, 0.5) is 10.1 Å². The van der Waals surface area contributed by atoms with Crippen molar-refractivity contribution in [2.24, 2.45) is 0 Å². The summed E-state index contributed by atoms with van der Waals surface area (Å²) in [5.41, 5.74) is 3.20. The Hall–Kier alpha value is -2.77. The number of thiocarbonyl (C=S) groups is 1. The molecule has 0 spiro atoms. The van der Waals surface area contributed by atoms with Crippen LogP contribution in [-0.2, 0) is 6.54 Å². The Morgan fingerprint density at radius 2 is 1.78 bits per heavy atom. The molecular formula is C25H31FN4OS. The van der Waals surface area contributed by atoms with Crippen LogP contribution in [0.1, 0.15) is 31.4 Å². The number of hydrogen-bond donors (Lipinski definition) is 2. The largest absolute Gasteiger partial charge is 0.344 e. The summed E-state index contributed by atoms with van der Waals surface area (Å²) in [6, 6.07) is 14.1. The van der Waals surface area contributed by atoms with E-state index in [0.717, 1.165) is 42.5 Å². The fourth-order valence-electron chi connectivity index (χ4n) is 3.70. The van der Waals surface area contributed by atoms with Gasteiger partial charge >= 0.3 is 0 Å². The molecule has 0 fully saturated rings. The molecule has 3 rings (SSSR count). The summed E-state index contributed by atoms with van der Waals surface area (Å²) in [7, 11) is 0. The van der Waals surface area contributed by atoms with Crippen LogP contribution in [0.25, 0.3) is 10.9 Å². The number of aromatic amines is 1. The molecule has 0 unspecified atom stereocenters. The Morgan fingerprint density at radius 1 is 1.06 bits per heavy atom. The van der Waals surface area contributed by atoms with Crippen molar-refractivity contribution in [2.75, 3.05) is 31.5 Å². The highest BCUT2D eigenvalue weighted by Crippen LogP contribution is 2.15. The third kappa shape index (κ3) is 6.37. The lowest BCUT2D eigenvalue weighted by molar-refractivity contribution is 0.281. The molecule has 0 radical (unpaired) electrons. The zero-order chi connectivity index (χ0) is 23.1. The normalized spacial score (nSPS) is 11.2. The van der Waals surface area contributed by atoms with Gasteiger partial charge in [0, 0.05) is 23.3 Å². The van der Waals surface area contributed by atoms with Gasteiger partial charge in [-0.3, -0.25) is 4.79 Å². The summed E-state index contributed by atoms with van der Waals surface area (Å²) in [5, 5.41) is 4.69. The second kappa shape index (κ2) is 11.2. The minimum absolute atomic E-state index is 0.110. The van der Waals surface area contributed by atoms with E-state index < -0.39 is 0 Å². The number of anilines is 1. The van der Waals surface area contributed by atoms with Crippen molar-refractivity contribution < 1.29 is 4.39 Å². The molecule has 170 valence electrons. The van der Waals surface area contributed by atoms with Gasteiger partial charge in [0.05, 0.1) is 6.54 Å². The van der Waals surface area contributed by atoms with Crippen molar-refractivity contribution in [1.29, 1.82) is 0 Å². The molecule has 32 heavy (non-hydrogen) atoms. The molecule has 7 heteroatoms. The lowest BCUT2D eigenvalue weighted by Gasteiger charge is -2.27. The zero-order valence-electron chi connectivity index (χ0n) is 19.0. The van der Waals surface area contributed by atoms with Gasteiger partial charge in [-0.1, -0.05) is 26.0 Å². The molecule has 2 N–H and O–H groups in total. The molecule has 0 aliphatic heterocycles. The van der Waals surface area contributed by atoms with Crippen molar-refractivity contribution in [3.8, 4) is 0 Å². The molecule has 0 atom stereocenters. The standard InChI is InChI=1S/C25H31FN4OS/c1-4-29(5-2)13-6-14-30(25(32)27-22-11-9-21(26)10-12-22)17-20-16-19-8-7-18(3)15-23(19)28-24(20)31/h7-12,15-16H,4-6,13-14,17H2,1-3H3,(H,27,32)(H,28,31). The van der Waals surface area contributed by atoms with Crippen molar-refractivity contribution in [3.05, 3.63) is 75.8 Å². The summed E-state index contributed by atoms with van der Waals surface area (Å²) in [6.07, 6.45) is 0.914. The van der Waals surface area contributed by atoms with Gasteiger partial charge in [-0.25, -0.2) is 4.39 Å². The second-order valence-electron chi connectivity index (χ2n) is 7.95. The van der Waals surface area contributed by atoms with Gasteiger partial charge in [0.1, 0.15) is 5.82 Å². The Labute approximate surface area is 194 Å². The van der Waals surface area contributed by atoms with Crippen LogP contribution in [0.3, 0.4) is 0 Å². The van der Waals surface area contributed by atoms with Gasteiger partial charge in [-0.15, -0.1) is 0 Å². The number of pyridine rings is 1. The van der Waals surface area contributed by atoms with Crippen LogP contribution >= 0.6 is 12.2 Å². The van der Waals surface area contributed by atoms with E-state index in [1.54, 1.807) is 12.1 Å². The molecule has 0 saturated carbocycles. The average molecular weight is 455 g/mol. The number of nitrogens with zero attached hydrogens (tertiary/aromatic N) is 2. The molecule has 5 nitrogen and oxygen atoms in total. The predicted octanol–water partition coefficient (Wildman–Crippen LogP) is 4.91. The Kier molecular flexibility index (Phi) is 8.36. The van der Waals surface area contributed by atoms with E-state index in [0.29, 0.717) is 29.5 Å². The molecule has 0 aliphatic rings. The lowest BCUT2D eigenvalue weighted by atomic mass is 10.1. The average Bonchev–Trinajstić information content (AvgIpc) is 2.77. The summed E-state index contributed by atoms with van der Waals surface area (Å²) < 4.78 is 13.3. The zero-order valence-corrected chi connectivity index (χ0v) is 19.8. The minimum Gasteiger partial charge on any atom is -0.344 e. The molecule has 0 bridgehead atoms. The van der Waals surface area contributed by atoms with Gasteiger partial charge in [0.25, 0.3) is 5.56 Å². The van der Waals surface area contributed by atoms with Crippen molar-refractivity contribution >= 4 is 33.9 Å². The highest BCUT2D eigenvalue weighted by atomic mass is 32.1. The van der Waals surface area contributed by atoms with Crippen molar-refractivity contribution in [3.63, 3.8) is 0 Å². The van der Waals surface area contributed by atoms with Gasteiger partial charge < -0.3 is 20.1 Å². The molecule has 1 aromatic heterocycles. The maximum Gasteiger partial charge on any atom is 0.253 e. The van der Waals surface area contributed by atoms with E-state index in [2.05, 4.69) is 29.0 Å². The molecule has 0 aliphatic carbocycles. The quantitative estimate of drug-likeness (QED) is 0.450. The third-order valence-electron chi connectivity index (χ3n) is 5.62. The summed E-state index contributed by atoms with van der Waals surface area (Å²) >= 11 is 5.68. The van der Waals surface area contributed by atoms with Crippen LogP contribution in [0.15, 0.2) is 53.3 Å². The first kappa shape index (κ1) is 23.9. The molecule has 0 saturated heterocycles. The number of hydrogen-bond acceptors (Lipinski definition) is 3. The van der Waals surface area contributed by atoms with E-state index >= 15 is 0 Å². The fourth-order valence-corrected chi connectivity index (χ4v) is 3.97. The van der Waals surface area contributed by atoms with Gasteiger partial charge in [-0.05, 0) is 92.5 Å². The van der Waals surface area contributed by atoms with Gasteiger partial charge in [0.2, 0.25) is 0 Å². The van der Waals surface area contributed by atoms with Crippen LogP contribution in [0.5, 0.6) is 0 Å². The van der Waals surface area contributed by atoms with Crippen LogP contribution < -0.4 is 10.9 Å². The molecule has 1 heterocycles.